The van der Waals surface area contributed by atoms with Gasteiger partial charge in [-0.25, -0.2) is 0 Å². The van der Waals surface area contributed by atoms with Gasteiger partial charge in [0.1, 0.15) is 0 Å². The molecule has 0 saturated carbocycles. The zero-order valence-electron chi connectivity index (χ0n) is 19.4. The Morgan fingerprint density at radius 3 is 2.44 bits per heavy atom. The van der Waals surface area contributed by atoms with Crippen molar-refractivity contribution in [2.24, 2.45) is 5.73 Å². The first kappa shape index (κ1) is 25.9. The van der Waals surface area contributed by atoms with Gasteiger partial charge in [-0.05, 0) is 48.5 Å². The predicted octanol–water partition coefficient (Wildman–Crippen LogP) is 4.28. The van der Waals surface area contributed by atoms with Gasteiger partial charge in [0.05, 0.1) is 5.75 Å². The Kier molecular flexibility index (Phi) is 11.9. The van der Waals surface area contributed by atoms with Crippen molar-refractivity contribution in [1.29, 1.82) is 0 Å². The summed E-state index contributed by atoms with van der Waals surface area (Å²) in [4.78, 5) is 26.1. The molecule has 0 radical (unpaired) electrons. The van der Waals surface area contributed by atoms with Crippen molar-refractivity contribution in [3.63, 3.8) is 0 Å². The lowest BCUT2D eigenvalue weighted by Crippen LogP contribution is -2.28. The number of carbonyl (C=O) groups excluding carboxylic acids is 2. The summed E-state index contributed by atoms with van der Waals surface area (Å²) in [6.45, 7) is 8.04. The molecule has 3 N–H and O–H groups in total. The molecule has 0 saturated heterocycles. The lowest BCUT2D eigenvalue weighted by atomic mass is 9.89. The van der Waals surface area contributed by atoms with Crippen LogP contribution in [0.1, 0.15) is 44.6 Å². The lowest BCUT2D eigenvalue weighted by Gasteiger charge is -2.18. The Hall–Kier alpha value is -2.31. The summed E-state index contributed by atoms with van der Waals surface area (Å²) in [5.74, 6) is 1.29. The molecule has 2 amide bonds. The molecule has 1 unspecified atom stereocenters. The van der Waals surface area contributed by atoms with Crippen molar-refractivity contribution in [1.82, 2.24) is 10.2 Å². The first-order chi connectivity index (χ1) is 15.5. The van der Waals surface area contributed by atoms with Crippen LogP contribution >= 0.6 is 11.8 Å². The fourth-order valence-electron chi connectivity index (χ4n) is 3.76. The minimum Gasteiger partial charge on any atom is -0.370 e. The summed E-state index contributed by atoms with van der Waals surface area (Å²) in [7, 11) is 0. The van der Waals surface area contributed by atoms with Gasteiger partial charge < -0.3 is 16.0 Å². The number of hydrogen-bond donors (Lipinski definition) is 2. The van der Waals surface area contributed by atoms with Crippen LogP contribution < -0.4 is 11.1 Å². The maximum atomic E-state index is 12.1. The molecule has 0 aliphatic carbocycles. The number of benzene rings is 2. The van der Waals surface area contributed by atoms with Crippen molar-refractivity contribution in [3.8, 4) is 11.1 Å². The third-order valence-corrected chi connectivity index (χ3v) is 6.58. The van der Waals surface area contributed by atoms with Crippen LogP contribution in [0.3, 0.4) is 0 Å². The van der Waals surface area contributed by atoms with Crippen LogP contribution in [-0.4, -0.2) is 54.4 Å². The molecule has 32 heavy (non-hydrogen) atoms. The van der Waals surface area contributed by atoms with Crippen LogP contribution in [0.25, 0.3) is 11.1 Å². The predicted molar refractivity (Wildman–Crippen MR) is 136 cm³/mol. The summed E-state index contributed by atoms with van der Waals surface area (Å²) in [5, 5.41) is 3.01. The Morgan fingerprint density at radius 1 is 1.03 bits per heavy atom. The zero-order valence-corrected chi connectivity index (χ0v) is 20.2. The topological polar surface area (TPSA) is 75.4 Å². The molecule has 1 atom stereocenters. The third kappa shape index (κ3) is 9.45. The van der Waals surface area contributed by atoms with E-state index in [1.165, 1.54) is 0 Å². The van der Waals surface area contributed by atoms with E-state index < -0.39 is 0 Å². The van der Waals surface area contributed by atoms with Crippen molar-refractivity contribution in [2.45, 2.75) is 39.0 Å². The highest BCUT2D eigenvalue weighted by atomic mass is 32.2. The number of amides is 2. The quantitative estimate of drug-likeness (QED) is 0.393. The molecule has 0 bridgehead atoms. The van der Waals surface area contributed by atoms with Crippen molar-refractivity contribution in [3.05, 3.63) is 60.2 Å². The van der Waals surface area contributed by atoms with E-state index in [1.807, 2.05) is 24.3 Å². The Bertz CT molecular complexity index is 825. The summed E-state index contributed by atoms with van der Waals surface area (Å²) in [6.07, 6.45) is 1.92. The van der Waals surface area contributed by atoms with E-state index in [0.29, 0.717) is 18.7 Å². The molecular formula is C26H37N3O2S. The number of nitrogens with zero attached hydrogens (tertiary/aromatic N) is 1. The van der Waals surface area contributed by atoms with E-state index in [1.54, 1.807) is 11.8 Å². The van der Waals surface area contributed by atoms with Crippen LogP contribution in [-0.2, 0) is 9.59 Å². The number of hydrogen-bond acceptors (Lipinski definition) is 4. The van der Waals surface area contributed by atoms with E-state index in [-0.39, 0.29) is 17.7 Å². The minimum absolute atomic E-state index is 0.0523. The molecule has 2 aromatic rings. The highest BCUT2D eigenvalue weighted by Gasteiger charge is 2.15. The third-order valence-electron chi connectivity index (χ3n) is 5.64. The van der Waals surface area contributed by atoms with Crippen LogP contribution in [0.5, 0.6) is 0 Å². The molecule has 2 rings (SSSR count). The second kappa shape index (κ2) is 14.7. The average Bonchev–Trinajstić information content (AvgIpc) is 2.81. The van der Waals surface area contributed by atoms with Gasteiger partial charge in [0.15, 0.2) is 0 Å². The standard InChI is InChI=1S/C26H37N3O2S/c1-3-29(4-2)16-17-32-20-26(31)28-15-9-14-24(19-25(27)30)23-13-8-12-22(18-23)21-10-6-5-7-11-21/h5-8,10-13,18,24H,3-4,9,14-17,19-20H2,1-2H3,(H2,27,30)(H,28,31). The van der Waals surface area contributed by atoms with Gasteiger partial charge in [0, 0.05) is 25.3 Å². The molecule has 0 aromatic heterocycles. The molecule has 0 aliphatic rings. The van der Waals surface area contributed by atoms with Crippen LogP contribution in [0.2, 0.25) is 0 Å². The number of primary amides is 1. The molecular weight excluding hydrogens is 418 g/mol. The van der Waals surface area contributed by atoms with Gasteiger partial charge in [0.25, 0.3) is 0 Å². The largest absolute Gasteiger partial charge is 0.370 e. The Labute approximate surface area is 197 Å². The molecule has 0 spiro atoms. The number of carbonyl (C=O) groups is 2. The molecule has 0 fully saturated rings. The molecule has 6 heteroatoms. The SMILES string of the molecule is CCN(CC)CCSCC(=O)NCCCC(CC(N)=O)c1cccc(-c2ccccc2)c1. The van der Waals surface area contributed by atoms with Crippen molar-refractivity contribution in [2.75, 3.05) is 37.7 Å². The monoisotopic (exact) mass is 455 g/mol. The molecule has 5 nitrogen and oxygen atoms in total. The van der Waals surface area contributed by atoms with Crippen LogP contribution in [0, 0.1) is 0 Å². The second-order valence-electron chi connectivity index (χ2n) is 7.93. The van der Waals surface area contributed by atoms with Gasteiger partial charge in [-0.2, -0.15) is 11.8 Å². The number of thioether (sulfide) groups is 1. The highest BCUT2D eigenvalue weighted by molar-refractivity contribution is 7.99. The van der Waals surface area contributed by atoms with Gasteiger partial charge in [-0.15, -0.1) is 0 Å². The molecule has 0 aliphatic heterocycles. The first-order valence-electron chi connectivity index (χ1n) is 11.5. The summed E-state index contributed by atoms with van der Waals surface area (Å²) in [6, 6.07) is 18.5. The van der Waals surface area contributed by atoms with Crippen molar-refractivity contribution < 1.29 is 9.59 Å². The average molecular weight is 456 g/mol. The normalized spacial score (nSPS) is 12.0. The summed E-state index contributed by atoms with van der Waals surface area (Å²) in [5.41, 5.74) is 8.92. The van der Waals surface area contributed by atoms with E-state index in [2.05, 4.69) is 54.4 Å². The zero-order chi connectivity index (χ0) is 23.2. The summed E-state index contributed by atoms with van der Waals surface area (Å²) < 4.78 is 0. The van der Waals surface area contributed by atoms with Gasteiger partial charge in [-0.3, -0.25) is 9.59 Å². The number of nitrogens with one attached hydrogen (secondary N) is 1. The highest BCUT2D eigenvalue weighted by Crippen LogP contribution is 2.29. The van der Waals surface area contributed by atoms with E-state index >= 15 is 0 Å². The Balaban J connectivity index is 1.81. The molecule has 174 valence electrons. The lowest BCUT2D eigenvalue weighted by molar-refractivity contribution is -0.119. The van der Waals surface area contributed by atoms with E-state index in [0.717, 1.165) is 54.9 Å². The van der Waals surface area contributed by atoms with E-state index in [9.17, 15) is 9.59 Å². The second-order valence-corrected chi connectivity index (χ2v) is 9.04. The molecule has 2 aromatic carbocycles. The van der Waals surface area contributed by atoms with E-state index in [4.69, 9.17) is 5.73 Å². The molecule has 0 heterocycles. The van der Waals surface area contributed by atoms with Crippen molar-refractivity contribution >= 4 is 23.6 Å². The van der Waals surface area contributed by atoms with Gasteiger partial charge in [0.2, 0.25) is 11.8 Å². The van der Waals surface area contributed by atoms with Gasteiger partial charge in [-0.1, -0.05) is 68.4 Å². The fourth-order valence-corrected chi connectivity index (χ4v) is 4.58. The maximum Gasteiger partial charge on any atom is 0.229 e. The first-order valence-corrected chi connectivity index (χ1v) is 12.7. The minimum atomic E-state index is -0.297. The fraction of sp³-hybridized carbons (Fsp3) is 0.462. The number of rotatable bonds is 15. The van der Waals surface area contributed by atoms with Gasteiger partial charge >= 0.3 is 0 Å². The Morgan fingerprint density at radius 2 is 1.75 bits per heavy atom. The maximum absolute atomic E-state index is 12.1. The van der Waals surface area contributed by atoms with Crippen LogP contribution in [0.15, 0.2) is 54.6 Å². The van der Waals surface area contributed by atoms with Crippen LogP contribution in [0.4, 0.5) is 0 Å². The smallest absolute Gasteiger partial charge is 0.229 e. The summed E-state index contributed by atoms with van der Waals surface area (Å²) >= 11 is 1.67. The number of nitrogens with two attached hydrogens (primary N) is 1.